The van der Waals surface area contributed by atoms with Crippen molar-refractivity contribution in [2.75, 3.05) is 11.9 Å². The maximum Gasteiger partial charge on any atom is 0.414 e. The lowest BCUT2D eigenvalue weighted by Gasteiger charge is -2.24. The monoisotopic (exact) mass is 328 g/mol. The molecule has 0 spiro atoms. The van der Waals surface area contributed by atoms with Crippen LogP contribution in [0.3, 0.4) is 0 Å². The largest absolute Gasteiger partial charge is 0.443 e. The zero-order chi connectivity index (χ0) is 17.7. The lowest BCUT2D eigenvalue weighted by molar-refractivity contribution is 0.0589. The quantitative estimate of drug-likeness (QED) is 0.763. The maximum absolute atomic E-state index is 13.0. The topological polar surface area (TPSA) is 42.4 Å². The molecule has 0 atom stereocenters. The fourth-order valence-corrected chi connectivity index (χ4v) is 1.94. The Kier molecular flexibility index (Phi) is 5.34. The highest BCUT2D eigenvalue weighted by molar-refractivity contribution is 5.87. The fraction of sp³-hybridized carbons (Fsp3) is 0.263. The lowest BCUT2D eigenvalue weighted by atomic mass is 10.1. The van der Waals surface area contributed by atoms with Gasteiger partial charge < -0.3 is 4.74 Å². The van der Waals surface area contributed by atoms with Crippen molar-refractivity contribution in [3.05, 3.63) is 59.7 Å². The van der Waals surface area contributed by atoms with E-state index in [1.165, 1.54) is 11.0 Å². The van der Waals surface area contributed by atoms with E-state index in [4.69, 9.17) is 4.74 Å². The van der Waals surface area contributed by atoms with Gasteiger partial charge in [0.05, 0.1) is 5.69 Å². The summed E-state index contributed by atoms with van der Waals surface area (Å²) in [6.45, 7) is 5.48. The molecule has 1 aromatic carbocycles. The van der Waals surface area contributed by atoms with Crippen LogP contribution in [0.2, 0.25) is 0 Å². The summed E-state index contributed by atoms with van der Waals surface area (Å²) in [6.07, 6.45) is 3.16. The number of benzene rings is 1. The van der Waals surface area contributed by atoms with Gasteiger partial charge in [-0.3, -0.25) is 4.90 Å². The van der Waals surface area contributed by atoms with Crippen molar-refractivity contribution in [2.45, 2.75) is 26.4 Å². The van der Waals surface area contributed by atoms with Crippen LogP contribution in [0.4, 0.5) is 14.9 Å². The molecule has 1 aromatic heterocycles. The summed E-state index contributed by atoms with van der Waals surface area (Å²) >= 11 is 0. The number of rotatable bonds is 3. The highest BCUT2D eigenvalue weighted by atomic mass is 19.1. The second-order valence-corrected chi connectivity index (χ2v) is 6.35. The van der Waals surface area contributed by atoms with Crippen LogP contribution < -0.4 is 4.90 Å². The Hall–Kier alpha value is -2.69. The number of halogens is 1. The molecule has 126 valence electrons. The molecule has 1 heterocycles. The first-order chi connectivity index (χ1) is 11.2. The van der Waals surface area contributed by atoms with E-state index in [-0.39, 0.29) is 0 Å². The SMILES string of the molecule is CN(C(=O)OC(C)(C)C)c1ccc(C=Cc2cccc(F)n2)cc1. The normalized spacial score (nSPS) is 11.5. The third-order valence-corrected chi connectivity index (χ3v) is 3.13. The van der Waals surface area contributed by atoms with Crippen molar-refractivity contribution < 1.29 is 13.9 Å². The molecule has 0 aliphatic carbocycles. The van der Waals surface area contributed by atoms with Crippen LogP contribution in [-0.4, -0.2) is 23.7 Å². The Balaban J connectivity index is 2.06. The minimum atomic E-state index is -0.536. The van der Waals surface area contributed by atoms with Gasteiger partial charge in [-0.25, -0.2) is 9.78 Å². The maximum atomic E-state index is 13.0. The molecule has 5 heteroatoms. The molecule has 4 nitrogen and oxygen atoms in total. The molecule has 0 unspecified atom stereocenters. The molecular weight excluding hydrogens is 307 g/mol. The van der Waals surface area contributed by atoms with Gasteiger partial charge in [0.2, 0.25) is 5.95 Å². The van der Waals surface area contributed by atoms with Crippen LogP contribution >= 0.6 is 0 Å². The predicted molar refractivity (Wildman–Crippen MR) is 94.2 cm³/mol. The van der Waals surface area contributed by atoms with E-state index in [1.54, 1.807) is 25.3 Å². The summed E-state index contributed by atoms with van der Waals surface area (Å²) in [5, 5.41) is 0. The Morgan fingerprint density at radius 1 is 1.12 bits per heavy atom. The van der Waals surface area contributed by atoms with Crippen LogP contribution in [-0.2, 0) is 4.74 Å². The molecule has 0 N–H and O–H groups in total. The van der Waals surface area contributed by atoms with Crippen molar-refractivity contribution in [1.29, 1.82) is 0 Å². The van der Waals surface area contributed by atoms with Crippen LogP contribution in [0.5, 0.6) is 0 Å². The number of carbonyl (C=O) groups is 1. The smallest absolute Gasteiger partial charge is 0.414 e. The van der Waals surface area contributed by atoms with Gasteiger partial charge in [0.15, 0.2) is 0 Å². The van der Waals surface area contributed by atoms with Gasteiger partial charge in [-0.2, -0.15) is 4.39 Å². The van der Waals surface area contributed by atoms with Crippen molar-refractivity contribution >= 4 is 23.9 Å². The van der Waals surface area contributed by atoms with Crippen molar-refractivity contribution in [2.24, 2.45) is 0 Å². The Bertz CT molecular complexity index is 734. The fourth-order valence-electron chi connectivity index (χ4n) is 1.94. The number of carbonyl (C=O) groups excluding carboxylic acids is 1. The van der Waals surface area contributed by atoms with E-state index >= 15 is 0 Å². The van der Waals surface area contributed by atoms with Crippen LogP contribution in [0.15, 0.2) is 42.5 Å². The van der Waals surface area contributed by atoms with Crippen molar-refractivity contribution in [1.82, 2.24) is 4.98 Å². The first kappa shape index (κ1) is 17.7. The second kappa shape index (κ2) is 7.25. The predicted octanol–water partition coefficient (Wildman–Crippen LogP) is 4.76. The number of hydrogen-bond acceptors (Lipinski definition) is 3. The molecule has 0 radical (unpaired) electrons. The van der Waals surface area contributed by atoms with E-state index in [9.17, 15) is 9.18 Å². The third-order valence-electron chi connectivity index (χ3n) is 3.13. The standard InChI is InChI=1S/C19H21FN2O2/c1-19(2,3)24-18(23)22(4)16-12-9-14(10-13-16)8-11-15-6-5-7-17(20)21-15/h5-13H,1-4H3. The average molecular weight is 328 g/mol. The highest BCUT2D eigenvalue weighted by Gasteiger charge is 2.20. The number of pyridine rings is 1. The van der Waals surface area contributed by atoms with Crippen LogP contribution in [0.1, 0.15) is 32.0 Å². The molecule has 0 aliphatic heterocycles. The summed E-state index contributed by atoms with van der Waals surface area (Å²) in [6, 6.07) is 12.0. The van der Waals surface area contributed by atoms with Gasteiger partial charge in [0.1, 0.15) is 5.60 Å². The second-order valence-electron chi connectivity index (χ2n) is 6.35. The number of hydrogen-bond donors (Lipinski definition) is 0. The van der Waals surface area contributed by atoms with E-state index in [1.807, 2.05) is 51.1 Å². The molecule has 2 rings (SSSR count). The Morgan fingerprint density at radius 2 is 1.79 bits per heavy atom. The van der Waals surface area contributed by atoms with Gasteiger partial charge in [0.25, 0.3) is 0 Å². The summed E-state index contributed by atoms with van der Waals surface area (Å²) in [5.41, 5.74) is 1.66. The number of anilines is 1. The van der Waals surface area contributed by atoms with E-state index in [0.717, 1.165) is 11.3 Å². The van der Waals surface area contributed by atoms with Crippen molar-refractivity contribution in [3.63, 3.8) is 0 Å². The van der Waals surface area contributed by atoms with Crippen LogP contribution in [0.25, 0.3) is 12.2 Å². The number of aromatic nitrogens is 1. The molecular formula is C19H21FN2O2. The first-order valence-electron chi connectivity index (χ1n) is 7.62. The zero-order valence-electron chi connectivity index (χ0n) is 14.3. The minimum Gasteiger partial charge on any atom is -0.443 e. The van der Waals surface area contributed by atoms with Gasteiger partial charge >= 0.3 is 6.09 Å². The lowest BCUT2D eigenvalue weighted by Crippen LogP contribution is -2.34. The Morgan fingerprint density at radius 3 is 2.38 bits per heavy atom. The van der Waals surface area contributed by atoms with E-state index in [2.05, 4.69) is 4.98 Å². The van der Waals surface area contributed by atoms with Gasteiger partial charge in [-0.15, -0.1) is 0 Å². The third kappa shape index (κ3) is 5.19. The molecule has 1 amide bonds. The molecule has 0 saturated carbocycles. The van der Waals surface area contributed by atoms with Gasteiger partial charge in [0, 0.05) is 12.7 Å². The summed E-state index contributed by atoms with van der Waals surface area (Å²) in [5.74, 6) is -0.508. The molecule has 0 bridgehead atoms. The van der Waals surface area contributed by atoms with Gasteiger partial charge in [-0.05, 0) is 56.7 Å². The van der Waals surface area contributed by atoms with E-state index in [0.29, 0.717) is 5.69 Å². The molecule has 2 aromatic rings. The number of nitrogens with zero attached hydrogens (tertiary/aromatic N) is 2. The molecule has 0 fully saturated rings. The molecule has 24 heavy (non-hydrogen) atoms. The van der Waals surface area contributed by atoms with Gasteiger partial charge in [-0.1, -0.05) is 24.3 Å². The minimum absolute atomic E-state index is 0.408. The zero-order valence-corrected chi connectivity index (χ0v) is 14.3. The Labute approximate surface area is 141 Å². The summed E-state index contributed by atoms with van der Waals surface area (Å²) < 4.78 is 18.4. The molecule has 0 aliphatic rings. The van der Waals surface area contributed by atoms with E-state index < -0.39 is 17.6 Å². The number of amides is 1. The summed E-state index contributed by atoms with van der Waals surface area (Å²) in [4.78, 5) is 17.3. The molecule has 0 saturated heterocycles. The highest BCUT2D eigenvalue weighted by Crippen LogP contribution is 2.18. The van der Waals surface area contributed by atoms with Crippen LogP contribution in [0, 0.1) is 5.95 Å². The average Bonchev–Trinajstić information content (AvgIpc) is 2.51. The first-order valence-corrected chi connectivity index (χ1v) is 7.62. The number of ether oxygens (including phenoxy) is 1. The summed E-state index contributed by atoms with van der Waals surface area (Å²) in [7, 11) is 1.66. The van der Waals surface area contributed by atoms with Crippen molar-refractivity contribution in [3.8, 4) is 0 Å².